The highest BCUT2D eigenvalue weighted by Gasteiger charge is 2.12. The summed E-state index contributed by atoms with van der Waals surface area (Å²) >= 11 is 6.04. The van der Waals surface area contributed by atoms with E-state index in [4.69, 9.17) is 21.1 Å². The van der Waals surface area contributed by atoms with E-state index in [0.29, 0.717) is 12.6 Å². The van der Waals surface area contributed by atoms with Crippen LogP contribution in [0.15, 0.2) is 24.3 Å². The molecule has 0 amide bonds. The summed E-state index contributed by atoms with van der Waals surface area (Å²) in [6.07, 6.45) is 0.924. The van der Waals surface area contributed by atoms with Crippen LogP contribution in [0.25, 0.3) is 0 Å². The Labute approximate surface area is 121 Å². The van der Waals surface area contributed by atoms with Gasteiger partial charge in [0.05, 0.1) is 6.10 Å². The van der Waals surface area contributed by atoms with Crippen LogP contribution >= 0.6 is 11.6 Å². The van der Waals surface area contributed by atoms with Crippen LogP contribution in [0.1, 0.15) is 31.9 Å². The van der Waals surface area contributed by atoms with Crippen molar-refractivity contribution in [2.24, 2.45) is 0 Å². The van der Waals surface area contributed by atoms with Gasteiger partial charge in [0.15, 0.2) is 0 Å². The fourth-order valence-electron chi connectivity index (χ4n) is 1.75. The van der Waals surface area contributed by atoms with Gasteiger partial charge in [-0.2, -0.15) is 0 Å². The number of benzene rings is 1. The van der Waals surface area contributed by atoms with Crippen molar-refractivity contribution in [1.29, 1.82) is 0 Å². The van der Waals surface area contributed by atoms with Gasteiger partial charge in [-0.15, -0.1) is 0 Å². The van der Waals surface area contributed by atoms with Crippen LogP contribution in [0.5, 0.6) is 0 Å². The minimum Gasteiger partial charge on any atom is -0.385 e. The van der Waals surface area contributed by atoms with Gasteiger partial charge in [0.25, 0.3) is 0 Å². The lowest BCUT2D eigenvalue weighted by molar-refractivity contribution is 0.0377. The molecule has 0 aromatic heterocycles. The molecule has 0 heterocycles. The first-order valence-electron chi connectivity index (χ1n) is 6.73. The van der Waals surface area contributed by atoms with E-state index in [0.717, 1.165) is 30.2 Å². The van der Waals surface area contributed by atoms with Crippen LogP contribution in [0.4, 0.5) is 0 Å². The first kappa shape index (κ1) is 16.4. The Morgan fingerprint density at radius 2 is 2.05 bits per heavy atom. The van der Waals surface area contributed by atoms with Crippen molar-refractivity contribution in [2.75, 3.05) is 26.9 Å². The molecule has 1 rings (SSSR count). The topological polar surface area (TPSA) is 30.5 Å². The van der Waals surface area contributed by atoms with Gasteiger partial charge in [-0.3, -0.25) is 0 Å². The molecule has 0 aliphatic carbocycles. The van der Waals surface area contributed by atoms with Crippen molar-refractivity contribution in [3.8, 4) is 0 Å². The smallest absolute Gasteiger partial charge is 0.0949 e. The number of rotatable bonds is 9. The lowest BCUT2D eigenvalue weighted by Crippen LogP contribution is -2.29. The van der Waals surface area contributed by atoms with Crippen LogP contribution in [-0.4, -0.2) is 32.9 Å². The predicted molar refractivity (Wildman–Crippen MR) is 79.8 cm³/mol. The van der Waals surface area contributed by atoms with E-state index in [1.54, 1.807) is 7.11 Å². The fraction of sp³-hybridized carbons (Fsp3) is 0.600. The molecule has 0 aliphatic rings. The summed E-state index contributed by atoms with van der Waals surface area (Å²) in [6.45, 7) is 6.44. The Balaban J connectivity index is 2.57. The quantitative estimate of drug-likeness (QED) is 0.705. The van der Waals surface area contributed by atoms with Crippen molar-refractivity contribution in [2.45, 2.75) is 32.4 Å². The summed E-state index contributed by atoms with van der Waals surface area (Å²) in [5, 5.41) is 4.15. The molecule has 3 nitrogen and oxygen atoms in total. The second-order valence-electron chi connectivity index (χ2n) is 4.82. The van der Waals surface area contributed by atoms with Crippen LogP contribution in [0, 0.1) is 0 Å². The molecule has 0 bridgehead atoms. The van der Waals surface area contributed by atoms with Crippen LogP contribution in [-0.2, 0) is 9.47 Å². The lowest BCUT2D eigenvalue weighted by atomic mass is 10.1. The Morgan fingerprint density at radius 3 is 2.68 bits per heavy atom. The van der Waals surface area contributed by atoms with Crippen molar-refractivity contribution in [3.05, 3.63) is 34.9 Å². The largest absolute Gasteiger partial charge is 0.385 e. The molecule has 1 N–H and O–H groups in total. The van der Waals surface area contributed by atoms with Gasteiger partial charge in [0.2, 0.25) is 0 Å². The van der Waals surface area contributed by atoms with E-state index in [1.807, 2.05) is 18.2 Å². The number of methoxy groups -OCH3 is 1. The summed E-state index contributed by atoms with van der Waals surface area (Å²) in [5.74, 6) is 0. The van der Waals surface area contributed by atoms with E-state index >= 15 is 0 Å². The second kappa shape index (κ2) is 9.32. The molecule has 0 spiro atoms. The Hall–Kier alpha value is -0.610. The number of hydrogen-bond donors (Lipinski definition) is 1. The summed E-state index contributed by atoms with van der Waals surface area (Å²) in [4.78, 5) is 0. The molecule has 1 aromatic rings. The highest BCUT2D eigenvalue weighted by Crippen LogP contribution is 2.20. The summed E-state index contributed by atoms with van der Waals surface area (Å²) < 4.78 is 11.0. The maximum Gasteiger partial charge on any atom is 0.0949 e. The molecule has 0 radical (unpaired) electrons. The molecule has 1 unspecified atom stereocenters. The molecular formula is C15H24ClNO2. The standard InChI is InChI=1S/C15H24ClNO2/c1-12(2)17-11-15(19-9-5-8-18-3)13-6-4-7-14(16)10-13/h4,6-7,10,12,15,17H,5,8-9,11H2,1-3H3. The monoisotopic (exact) mass is 285 g/mol. The average Bonchev–Trinajstić information content (AvgIpc) is 2.37. The Bertz CT molecular complexity index is 358. The van der Waals surface area contributed by atoms with E-state index in [9.17, 15) is 0 Å². The van der Waals surface area contributed by atoms with Gasteiger partial charge in [-0.25, -0.2) is 0 Å². The van der Waals surface area contributed by atoms with Crippen molar-refractivity contribution in [1.82, 2.24) is 5.32 Å². The lowest BCUT2D eigenvalue weighted by Gasteiger charge is -2.20. The third kappa shape index (κ3) is 6.92. The zero-order valence-electron chi connectivity index (χ0n) is 12.0. The Morgan fingerprint density at radius 1 is 1.26 bits per heavy atom. The average molecular weight is 286 g/mol. The minimum atomic E-state index is 0.0259. The van der Waals surface area contributed by atoms with Crippen LogP contribution in [0.3, 0.4) is 0 Å². The highest BCUT2D eigenvalue weighted by molar-refractivity contribution is 6.30. The van der Waals surface area contributed by atoms with E-state index in [2.05, 4.69) is 25.2 Å². The normalized spacial score (nSPS) is 12.9. The number of halogens is 1. The van der Waals surface area contributed by atoms with Crippen LogP contribution < -0.4 is 5.32 Å². The zero-order chi connectivity index (χ0) is 14.1. The van der Waals surface area contributed by atoms with E-state index < -0.39 is 0 Å². The molecular weight excluding hydrogens is 262 g/mol. The maximum absolute atomic E-state index is 6.04. The van der Waals surface area contributed by atoms with Gasteiger partial charge in [-0.1, -0.05) is 37.6 Å². The molecule has 1 aromatic carbocycles. The molecule has 4 heteroatoms. The maximum atomic E-state index is 6.04. The summed E-state index contributed by atoms with van der Waals surface area (Å²) in [5.41, 5.74) is 1.11. The second-order valence-corrected chi connectivity index (χ2v) is 5.26. The molecule has 1 atom stereocenters. The van der Waals surface area contributed by atoms with Crippen LogP contribution in [0.2, 0.25) is 5.02 Å². The minimum absolute atomic E-state index is 0.0259. The number of hydrogen-bond acceptors (Lipinski definition) is 3. The fourth-order valence-corrected chi connectivity index (χ4v) is 1.95. The SMILES string of the molecule is COCCCOC(CNC(C)C)c1cccc(Cl)c1. The van der Waals surface area contributed by atoms with Crippen molar-refractivity contribution < 1.29 is 9.47 Å². The van der Waals surface area contributed by atoms with E-state index in [-0.39, 0.29) is 6.10 Å². The summed E-state index contributed by atoms with van der Waals surface area (Å²) in [6, 6.07) is 8.28. The van der Waals surface area contributed by atoms with Gasteiger partial charge in [0.1, 0.15) is 0 Å². The van der Waals surface area contributed by atoms with Crippen molar-refractivity contribution in [3.63, 3.8) is 0 Å². The highest BCUT2D eigenvalue weighted by atomic mass is 35.5. The summed E-state index contributed by atoms with van der Waals surface area (Å²) in [7, 11) is 1.70. The van der Waals surface area contributed by atoms with Gasteiger partial charge < -0.3 is 14.8 Å². The van der Waals surface area contributed by atoms with E-state index in [1.165, 1.54) is 0 Å². The molecule has 0 fully saturated rings. The van der Waals surface area contributed by atoms with Gasteiger partial charge in [-0.05, 0) is 24.1 Å². The first-order chi connectivity index (χ1) is 9.13. The molecule has 0 saturated heterocycles. The van der Waals surface area contributed by atoms with Crippen molar-refractivity contribution >= 4 is 11.6 Å². The Kier molecular flexibility index (Phi) is 8.07. The first-order valence-corrected chi connectivity index (χ1v) is 7.10. The van der Waals surface area contributed by atoms with Gasteiger partial charge >= 0.3 is 0 Å². The molecule has 0 saturated carbocycles. The third-order valence-electron chi connectivity index (χ3n) is 2.74. The molecule has 108 valence electrons. The van der Waals surface area contributed by atoms with Gasteiger partial charge in [0, 0.05) is 37.9 Å². The third-order valence-corrected chi connectivity index (χ3v) is 2.98. The number of nitrogens with one attached hydrogen (secondary N) is 1. The zero-order valence-corrected chi connectivity index (χ0v) is 12.7. The predicted octanol–water partition coefficient (Wildman–Crippen LogP) is 3.43. The number of ether oxygens (including phenoxy) is 2. The molecule has 19 heavy (non-hydrogen) atoms. The molecule has 0 aliphatic heterocycles.